The van der Waals surface area contributed by atoms with Crippen molar-refractivity contribution in [3.63, 3.8) is 0 Å². The first kappa shape index (κ1) is 45.2. The number of fused-ring (bicyclic) bond motifs is 2. The lowest BCUT2D eigenvalue weighted by Gasteiger charge is -2.36. The van der Waals surface area contributed by atoms with Gasteiger partial charge >= 0.3 is 0 Å². The van der Waals surface area contributed by atoms with Crippen molar-refractivity contribution in [3.05, 3.63) is 166 Å². The highest BCUT2D eigenvalue weighted by atomic mass is 19.1. The lowest BCUT2D eigenvalue weighted by atomic mass is 9.94. The maximum absolute atomic E-state index is 13.2. The SMILES string of the molecule is O=C(c1ccccc1)n1nc(CCCN2CCN(c3ccc(F)cc3)CC2)c2c1CCCC2.O=C(c1ccccc1)n1nc2c(c1CCCN1CCN(c3ccc(F)cc3)CC1)CCCC2. The maximum atomic E-state index is 13.2. The molecule has 2 fully saturated rings. The number of aromatic nitrogens is 4. The molecule has 0 unspecified atom stereocenters. The zero-order valence-corrected chi connectivity index (χ0v) is 38.1. The summed E-state index contributed by atoms with van der Waals surface area (Å²) in [7, 11) is 0. The number of carbonyl (C=O) groups excluding carboxylic acids is 2. The Kier molecular flexibility index (Phi) is 14.8. The highest BCUT2D eigenvalue weighted by molar-refractivity contribution is 5.96. The van der Waals surface area contributed by atoms with E-state index in [1.54, 1.807) is 9.36 Å². The van der Waals surface area contributed by atoms with Gasteiger partial charge < -0.3 is 9.80 Å². The Morgan fingerprint density at radius 1 is 0.485 bits per heavy atom. The highest BCUT2D eigenvalue weighted by Crippen LogP contribution is 2.28. The van der Waals surface area contributed by atoms with Crippen LogP contribution in [0, 0.1) is 11.6 Å². The first-order valence-electron chi connectivity index (χ1n) is 24.2. The van der Waals surface area contributed by atoms with E-state index < -0.39 is 0 Å². The van der Waals surface area contributed by atoms with Gasteiger partial charge in [0.05, 0.1) is 22.8 Å². The molecular weight excluding hydrogens is 831 g/mol. The van der Waals surface area contributed by atoms with Gasteiger partial charge in [0.1, 0.15) is 11.6 Å². The summed E-state index contributed by atoms with van der Waals surface area (Å²) in [5, 5.41) is 9.58. The van der Waals surface area contributed by atoms with E-state index in [1.165, 1.54) is 48.2 Å². The third-order valence-electron chi connectivity index (χ3n) is 13.9. The van der Waals surface area contributed by atoms with E-state index >= 15 is 0 Å². The van der Waals surface area contributed by atoms with Gasteiger partial charge in [-0.1, -0.05) is 36.4 Å². The summed E-state index contributed by atoms with van der Waals surface area (Å²) in [6, 6.07) is 32.5. The van der Waals surface area contributed by atoms with Gasteiger partial charge in [0.25, 0.3) is 11.8 Å². The summed E-state index contributed by atoms with van der Waals surface area (Å²) in [5.41, 5.74) is 10.7. The molecule has 4 heterocycles. The fourth-order valence-corrected chi connectivity index (χ4v) is 10.2. The molecule has 6 aromatic rings. The molecule has 0 radical (unpaired) electrons. The number of carbonyl (C=O) groups is 2. The van der Waals surface area contributed by atoms with Gasteiger partial charge in [-0.2, -0.15) is 10.2 Å². The number of halogens is 2. The average molecular weight is 893 g/mol. The second-order valence-corrected chi connectivity index (χ2v) is 18.1. The number of anilines is 2. The number of rotatable bonds is 12. The average Bonchev–Trinajstić information content (AvgIpc) is 3.93. The molecule has 12 heteroatoms. The predicted molar refractivity (Wildman–Crippen MR) is 257 cm³/mol. The Labute approximate surface area is 387 Å². The van der Waals surface area contributed by atoms with Crippen molar-refractivity contribution in [2.24, 2.45) is 0 Å². The molecule has 10 rings (SSSR count). The highest BCUT2D eigenvalue weighted by Gasteiger charge is 2.27. The van der Waals surface area contributed by atoms with Crippen LogP contribution in [0.5, 0.6) is 0 Å². The number of benzene rings is 4. The summed E-state index contributed by atoms with van der Waals surface area (Å²) < 4.78 is 29.8. The molecule has 0 saturated carbocycles. The summed E-state index contributed by atoms with van der Waals surface area (Å²) in [5.74, 6) is -0.415. The van der Waals surface area contributed by atoms with Gasteiger partial charge in [-0.3, -0.25) is 19.4 Å². The normalized spacial score (nSPS) is 16.6. The molecule has 2 saturated heterocycles. The minimum atomic E-state index is -0.190. The van der Waals surface area contributed by atoms with Crippen molar-refractivity contribution >= 4 is 23.2 Å². The van der Waals surface area contributed by atoms with Gasteiger partial charge in [-0.05, 0) is 174 Å². The van der Waals surface area contributed by atoms with E-state index in [4.69, 9.17) is 10.2 Å². The van der Waals surface area contributed by atoms with Gasteiger partial charge in [-0.15, -0.1) is 0 Å². The fourth-order valence-electron chi connectivity index (χ4n) is 10.2. The van der Waals surface area contributed by atoms with Crippen LogP contribution in [0.4, 0.5) is 20.2 Å². The maximum Gasteiger partial charge on any atom is 0.278 e. The summed E-state index contributed by atoms with van der Waals surface area (Å²) >= 11 is 0. The molecule has 4 aliphatic rings. The smallest absolute Gasteiger partial charge is 0.278 e. The van der Waals surface area contributed by atoms with Crippen LogP contribution in [0.15, 0.2) is 109 Å². The third-order valence-corrected chi connectivity index (χ3v) is 13.9. The number of hydrogen-bond acceptors (Lipinski definition) is 8. The number of hydrogen-bond donors (Lipinski definition) is 0. The lowest BCUT2D eigenvalue weighted by Crippen LogP contribution is -2.46. The van der Waals surface area contributed by atoms with Crippen LogP contribution in [-0.2, 0) is 38.5 Å². The fraction of sp³-hybridized carbons (Fsp3) is 0.407. The number of aryl methyl sites for hydroxylation is 2. The molecule has 10 nitrogen and oxygen atoms in total. The Bertz CT molecular complexity index is 2520. The zero-order valence-electron chi connectivity index (χ0n) is 38.1. The molecule has 0 spiro atoms. The first-order chi connectivity index (χ1) is 32.4. The van der Waals surface area contributed by atoms with Gasteiger partial charge in [0.2, 0.25) is 0 Å². The molecule has 2 aliphatic heterocycles. The Morgan fingerprint density at radius 3 is 1.50 bits per heavy atom. The van der Waals surface area contributed by atoms with E-state index in [1.807, 2.05) is 84.9 Å². The Morgan fingerprint density at radius 2 is 0.955 bits per heavy atom. The quantitative estimate of drug-likeness (QED) is 0.121. The van der Waals surface area contributed by atoms with Crippen LogP contribution in [0.3, 0.4) is 0 Å². The molecule has 0 N–H and O–H groups in total. The lowest BCUT2D eigenvalue weighted by molar-refractivity contribution is 0.0932. The monoisotopic (exact) mass is 892 g/mol. The van der Waals surface area contributed by atoms with Gasteiger partial charge in [-0.25, -0.2) is 18.1 Å². The molecule has 0 bridgehead atoms. The largest absolute Gasteiger partial charge is 0.369 e. The number of piperazine rings is 2. The summed E-state index contributed by atoms with van der Waals surface area (Å²) in [4.78, 5) is 35.9. The minimum absolute atomic E-state index is 0.0167. The van der Waals surface area contributed by atoms with Crippen molar-refractivity contribution in [1.82, 2.24) is 29.4 Å². The van der Waals surface area contributed by atoms with Crippen LogP contribution in [0.2, 0.25) is 0 Å². The molecule has 0 amide bonds. The van der Waals surface area contributed by atoms with Crippen molar-refractivity contribution in [3.8, 4) is 0 Å². The van der Waals surface area contributed by atoms with E-state index in [0.29, 0.717) is 11.1 Å². The van der Waals surface area contributed by atoms with E-state index in [0.717, 1.165) is 164 Å². The Hall–Kier alpha value is -5.98. The first-order valence-corrected chi connectivity index (χ1v) is 24.2. The molecule has 66 heavy (non-hydrogen) atoms. The van der Waals surface area contributed by atoms with Crippen molar-refractivity contribution in [1.29, 1.82) is 0 Å². The van der Waals surface area contributed by atoms with Crippen molar-refractivity contribution < 1.29 is 18.4 Å². The third kappa shape index (κ3) is 10.8. The van der Waals surface area contributed by atoms with E-state index in [2.05, 4.69) is 19.6 Å². The molecule has 344 valence electrons. The Balaban J connectivity index is 0.000000166. The standard InChI is InChI=1S/2C27H31FN4O/c28-22-12-14-23(15-13-22)31-19-17-30(18-20-31)16-6-10-25-24-9-4-5-11-26(24)32(29-25)27(33)21-7-2-1-3-8-21;28-22-12-14-23(15-13-22)31-19-17-30(18-20-31)16-6-11-26-24-9-4-5-10-25(24)29-32(26)27(33)21-7-2-1-3-8-21/h2*1-3,7-8,12-15H,4-6,9-11,16-20H2. The molecule has 2 aliphatic carbocycles. The van der Waals surface area contributed by atoms with Crippen LogP contribution in [0.1, 0.15) is 93.1 Å². The van der Waals surface area contributed by atoms with Crippen LogP contribution < -0.4 is 9.80 Å². The predicted octanol–water partition coefficient (Wildman–Crippen LogP) is 8.69. The molecule has 2 aromatic heterocycles. The van der Waals surface area contributed by atoms with Crippen molar-refractivity contribution in [2.75, 3.05) is 75.2 Å². The zero-order chi connectivity index (χ0) is 45.2. The van der Waals surface area contributed by atoms with E-state index in [9.17, 15) is 18.4 Å². The second kappa shape index (κ2) is 21.5. The molecular formula is C54H62F2N8O2. The number of nitrogens with zero attached hydrogens (tertiary/aromatic N) is 8. The summed E-state index contributed by atoms with van der Waals surface area (Å²) in [6.07, 6.45) is 12.4. The molecule has 0 atom stereocenters. The van der Waals surface area contributed by atoms with Crippen LogP contribution in [0.25, 0.3) is 0 Å². The topological polar surface area (TPSA) is 82.7 Å². The minimum Gasteiger partial charge on any atom is -0.369 e. The molecule has 4 aromatic carbocycles. The van der Waals surface area contributed by atoms with Crippen LogP contribution in [-0.4, -0.2) is 107 Å². The van der Waals surface area contributed by atoms with Crippen molar-refractivity contribution in [2.45, 2.75) is 77.0 Å². The van der Waals surface area contributed by atoms with Gasteiger partial charge in [0.15, 0.2) is 0 Å². The summed E-state index contributed by atoms with van der Waals surface area (Å²) in [6.45, 7) is 9.88. The van der Waals surface area contributed by atoms with E-state index in [-0.39, 0.29) is 23.4 Å². The van der Waals surface area contributed by atoms with Crippen LogP contribution >= 0.6 is 0 Å². The van der Waals surface area contributed by atoms with Gasteiger partial charge in [0, 0.05) is 74.9 Å². The second-order valence-electron chi connectivity index (χ2n) is 18.1.